The Morgan fingerprint density at radius 1 is 0.615 bits per heavy atom. The van der Waals surface area contributed by atoms with Gasteiger partial charge in [0.05, 0.1) is 38.9 Å². The van der Waals surface area contributed by atoms with Crippen molar-refractivity contribution in [1.82, 2.24) is 101 Å². The van der Waals surface area contributed by atoms with Crippen LogP contribution in [0.4, 0.5) is 58.4 Å². The van der Waals surface area contributed by atoms with Gasteiger partial charge in [-0.05, 0) is 114 Å². The molecule has 41 heteroatoms. The number of nitrogens with zero attached hydrogens (tertiary/aromatic N) is 17. The van der Waals surface area contributed by atoms with Gasteiger partial charge in [0.25, 0.3) is 0 Å². The minimum atomic E-state index is -4.49. The zero-order valence-corrected chi connectivity index (χ0v) is 69.9. The fourth-order valence-corrected chi connectivity index (χ4v) is 14.9. The molecule has 3 aliphatic rings. The first-order valence-corrected chi connectivity index (χ1v) is 40.7. The van der Waals surface area contributed by atoms with E-state index in [4.69, 9.17) is 51.4 Å². The number of carbonyl (C=O) groups is 4. The lowest BCUT2D eigenvalue weighted by Crippen LogP contribution is -2.56. The van der Waals surface area contributed by atoms with E-state index in [0.717, 1.165) is 60.0 Å². The molecule has 2 aliphatic heterocycles. The van der Waals surface area contributed by atoms with Crippen LogP contribution in [0.1, 0.15) is 104 Å². The number of hydrogen-bond donors (Lipinski definition) is 8. The van der Waals surface area contributed by atoms with Crippen LogP contribution in [0.5, 0.6) is 0 Å². The van der Waals surface area contributed by atoms with E-state index < -0.39 is 79.0 Å². The number of hydrogen-bond acceptors (Lipinski definition) is 21. The van der Waals surface area contributed by atoms with Crippen LogP contribution in [0.2, 0.25) is 20.1 Å². The lowest BCUT2D eigenvalue weighted by atomic mass is 9.97. The van der Waals surface area contributed by atoms with Crippen molar-refractivity contribution in [2.75, 3.05) is 65.4 Å². The molecular weight excluding hydrogens is 1680 g/mol. The van der Waals surface area contributed by atoms with Crippen LogP contribution in [-0.4, -0.2) is 197 Å². The van der Waals surface area contributed by atoms with Gasteiger partial charge < -0.3 is 60.8 Å². The second-order valence-electron chi connectivity index (χ2n) is 29.7. The summed E-state index contributed by atoms with van der Waals surface area (Å²) in [4.78, 5) is 122. The van der Waals surface area contributed by atoms with E-state index in [1.54, 1.807) is 123 Å². The largest absolute Gasteiger partial charge is 0.405 e. The van der Waals surface area contributed by atoms with E-state index >= 15 is 0 Å². The van der Waals surface area contributed by atoms with Crippen molar-refractivity contribution in [3.63, 3.8) is 0 Å². The first-order chi connectivity index (χ1) is 58.3. The van der Waals surface area contributed by atoms with Crippen molar-refractivity contribution in [3.05, 3.63) is 143 Å². The van der Waals surface area contributed by atoms with E-state index in [-0.39, 0.29) is 46.6 Å². The van der Waals surface area contributed by atoms with Gasteiger partial charge in [0, 0.05) is 149 Å². The number of likely N-dealkylation sites (N-methyl/N-ethyl adjacent to an activating group) is 1. The Hall–Kier alpha value is -11.8. The third-order valence-corrected chi connectivity index (χ3v) is 21.3. The first-order valence-electron chi connectivity index (χ1n) is 39.2. The van der Waals surface area contributed by atoms with Gasteiger partial charge in [-0.15, -0.1) is 0 Å². The van der Waals surface area contributed by atoms with E-state index in [1.807, 2.05) is 42.4 Å². The molecule has 29 nitrogen and oxygen atoms in total. The molecule has 12 aromatic rings. The summed E-state index contributed by atoms with van der Waals surface area (Å²) < 4.78 is 104. The Morgan fingerprint density at radius 2 is 1.08 bits per heavy atom. The summed E-state index contributed by atoms with van der Waals surface area (Å²) in [6, 6.07) is 11.5. The number of aromatic nitrogens is 16. The molecule has 122 heavy (non-hydrogen) atoms. The molecule has 15 rings (SSSR count). The number of unbranched alkanes of at least 4 members (excludes halogenated alkanes) is 1. The average molecular weight is 1770 g/mol. The summed E-state index contributed by atoms with van der Waals surface area (Å²) in [6.45, 7) is 11.9. The molecule has 8 N–H and O–H groups in total. The van der Waals surface area contributed by atoms with Crippen LogP contribution < -0.4 is 40.9 Å². The topological polar surface area (TPSA) is 371 Å². The molecule has 0 spiro atoms. The van der Waals surface area contributed by atoms with E-state index in [1.165, 1.54) is 23.5 Å². The third-order valence-electron chi connectivity index (χ3n) is 20.4. The molecule has 648 valence electrons. The van der Waals surface area contributed by atoms with Crippen molar-refractivity contribution in [1.29, 1.82) is 5.26 Å². The smallest absolute Gasteiger partial charge is 0.355 e. The molecule has 1 aliphatic carbocycles. The molecule has 12 aromatic heterocycles. The Morgan fingerprint density at radius 3 is 1.53 bits per heavy atom. The van der Waals surface area contributed by atoms with E-state index in [2.05, 4.69) is 91.5 Å². The number of anilines is 4. The summed E-state index contributed by atoms with van der Waals surface area (Å²) in [5, 5.41) is 24.2. The Balaban J connectivity index is 0.000000187. The molecule has 6 atom stereocenters. The Labute approximate surface area is 718 Å². The molecule has 3 fully saturated rings. The highest BCUT2D eigenvalue weighted by Crippen LogP contribution is 2.41. The summed E-state index contributed by atoms with van der Waals surface area (Å²) in [5.41, 5.74) is 4.37. The summed E-state index contributed by atoms with van der Waals surface area (Å²) in [7, 11) is 0. The van der Waals surface area contributed by atoms with Gasteiger partial charge in [0.2, 0.25) is 23.6 Å². The normalized spacial score (nSPS) is 16.9. The summed E-state index contributed by atoms with van der Waals surface area (Å²) >= 11 is 24.3. The molecular formula is C81H91Cl4F8N25O4. The number of halogens is 12. The monoisotopic (exact) mass is 1770 g/mol. The predicted octanol–water partition coefficient (Wildman–Crippen LogP) is 16.0. The summed E-state index contributed by atoms with van der Waals surface area (Å²) in [5.74, 6) is 0.409. The quantitative estimate of drug-likeness (QED) is 0.0246. The molecule has 1 saturated carbocycles. The number of rotatable bonds is 25. The minimum Gasteiger partial charge on any atom is -0.355 e. The SMILES string of the molecule is CCCCN(c1ccnc(-c2c[nH]c3ncc(Cl)cc23)n1)[C@@H](C(=O)NCC(F)(F)F)C(C)C.CCCNC(=O)[C@@]1(C)CC[C@H](C#N)N1c1ccnc(-c2c[nH]c3ncc(Cl)cc23)n1.CCNC(=O)[C@H]1C[C@H](F)CN1c1nc(-c2c[nH]c3ncc(Cl)cc23)ncc1F.C[C@H](C(=O)NCC(F)(F)F)N(CC1CC1)c1ccnc(-c2c[nH]c3ncc(Cl)cc23)n1.[HH].[HH].[HH]. The number of pyridine rings is 4. The maximum Gasteiger partial charge on any atom is 0.405 e. The van der Waals surface area contributed by atoms with Crippen molar-refractivity contribution in [3.8, 4) is 51.6 Å². The van der Waals surface area contributed by atoms with Gasteiger partial charge in [-0.1, -0.05) is 80.5 Å². The standard InChI is InChI=1S/C22H26ClF3N6O.C21H22ClN7O.C20H20ClF3N6O.C18H17ClF2N6O.3H2/c1-4-5-8-32(18(13(2)3)21(33)30-12-22(24,25)26)17-6-7-27-20(31-17)16-11-29-19-15(16)9-14(23)10-28-19;1-3-7-25-20(30)21(2)6-4-14(10-23)29(21)17-5-8-24-19(28-17)16-12-27-18-15(16)9-13(22)11-26-18;1-11(19(31)28-10-20(22,23)24)30(9-12-2-3-12)16-4-5-25-18(29-16)15-8-27-17-14(15)6-13(21)7-26-17;1-2-22-18(28)14-4-10(20)8-27(14)17-13(21)7-25-16(26-17)12-6-24-15-11(12)3-9(19)5-23-15;;;/h6-7,9-11,13,18H,4-5,8,12H2,1-3H3,(H,28,29)(H,30,33);5,8-9,11-12,14H,3-4,6-7H2,1-2H3,(H,25,30)(H,26,27);4-8,11-12H,2-3,9-10H2,1H3,(H,26,27)(H,28,31);3,5-7,10,14H,2,4,8H2,1H3,(H,22,28)(H,23,24);3*1H/t18-;14-,21-;11-;10-,14+;;;/m1110.../s1. The number of alkyl halides is 7. The fraction of sp³-hybridized carbons (Fsp3) is 0.395. The van der Waals surface area contributed by atoms with Gasteiger partial charge in [-0.25, -0.2) is 68.6 Å². The third kappa shape index (κ3) is 21.4. The number of aromatic amines is 4. The predicted molar refractivity (Wildman–Crippen MR) is 456 cm³/mol. The number of carbonyl (C=O) groups excluding carboxylic acids is 4. The summed E-state index contributed by atoms with van der Waals surface area (Å²) in [6.07, 6.45) is 14.2. The maximum atomic E-state index is 14.5. The number of H-pyrrole nitrogens is 4. The van der Waals surface area contributed by atoms with Gasteiger partial charge in [-0.2, -0.15) is 31.6 Å². The second kappa shape index (κ2) is 39.0. The van der Waals surface area contributed by atoms with Crippen molar-refractivity contribution in [2.24, 2.45) is 11.8 Å². The van der Waals surface area contributed by atoms with Gasteiger partial charge in [0.15, 0.2) is 34.9 Å². The van der Waals surface area contributed by atoms with Gasteiger partial charge in [-0.3, -0.25) is 19.2 Å². The van der Waals surface area contributed by atoms with Crippen LogP contribution in [0.25, 0.3) is 89.7 Å². The Kier molecular flexibility index (Phi) is 28.6. The number of fused-ring (bicyclic) bond motifs is 4. The van der Waals surface area contributed by atoms with Crippen molar-refractivity contribution in [2.45, 2.75) is 148 Å². The van der Waals surface area contributed by atoms with Gasteiger partial charge in [0.1, 0.15) is 89.0 Å². The lowest BCUT2D eigenvalue weighted by Gasteiger charge is -2.36. The highest BCUT2D eigenvalue weighted by Gasteiger charge is 2.49. The van der Waals surface area contributed by atoms with E-state index in [9.17, 15) is 59.6 Å². The molecule has 2 saturated heterocycles. The minimum absolute atomic E-state index is 0. The molecule has 14 heterocycles. The van der Waals surface area contributed by atoms with E-state index in [0.29, 0.717) is 145 Å². The lowest BCUT2D eigenvalue weighted by molar-refractivity contribution is -0.139. The molecule has 0 unspecified atom stereocenters. The van der Waals surface area contributed by atoms with Gasteiger partial charge >= 0.3 is 12.4 Å². The zero-order valence-electron chi connectivity index (χ0n) is 66.9. The highest BCUT2D eigenvalue weighted by atomic mass is 35.5. The van der Waals surface area contributed by atoms with Crippen LogP contribution in [-0.2, 0) is 19.2 Å². The highest BCUT2D eigenvalue weighted by molar-refractivity contribution is 6.32. The van der Waals surface area contributed by atoms with Crippen LogP contribution >= 0.6 is 46.4 Å². The second-order valence-corrected chi connectivity index (χ2v) is 31.5. The maximum absolute atomic E-state index is 14.5. The van der Waals surface area contributed by atoms with Crippen LogP contribution in [0, 0.1) is 29.0 Å². The van der Waals surface area contributed by atoms with Crippen molar-refractivity contribution >= 4 is 137 Å². The Bertz CT molecular complexity index is 5790. The number of amides is 4. The molecule has 4 amide bonds. The molecule has 0 bridgehead atoms. The molecule has 0 aromatic carbocycles. The zero-order chi connectivity index (χ0) is 87.5. The first kappa shape index (κ1) is 89.5. The van der Waals surface area contributed by atoms with Crippen LogP contribution in [0.15, 0.2) is 117 Å². The van der Waals surface area contributed by atoms with Crippen molar-refractivity contribution < 1.29 is 58.6 Å². The number of nitriles is 1. The fourth-order valence-electron chi connectivity index (χ4n) is 14.3. The number of nitrogens with one attached hydrogen (secondary N) is 8. The average Bonchev–Trinajstić information content (AvgIpc) is 1.61. The van der Waals surface area contributed by atoms with Crippen LogP contribution in [0.3, 0.4) is 0 Å². The molecule has 0 radical (unpaired) electrons.